The summed E-state index contributed by atoms with van der Waals surface area (Å²) in [6.07, 6.45) is 0. The lowest BCUT2D eigenvalue weighted by Crippen LogP contribution is -2.12. The number of thioether (sulfide) groups is 1. The Morgan fingerprint density at radius 3 is 2.13 bits per heavy atom. The largest absolute Gasteiger partial charge is 0.392 e. The van der Waals surface area contributed by atoms with Crippen LogP contribution in [0.25, 0.3) is 11.1 Å². The van der Waals surface area contributed by atoms with Crippen molar-refractivity contribution in [2.45, 2.75) is 63.7 Å². The summed E-state index contributed by atoms with van der Waals surface area (Å²) in [5, 5.41) is 10.3. The number of nitrogens with zero attached hydrogens (tertiary/aromatic N) is 1. The van der Waals surface area contributed by atoms with Gasteiger partial charge in [-0.3, -0.25) is 4.98 Å². The Labute approximate surface area is 183 Å². The number of aliphatic hydroxyl groups is 1. The normalized spacial score (nSPS) is 11.5. The molecule has 0 fully saturated rings. The van der Waals surface area contributed by atoms with E-state index in [2.05, 4.69) is 58.9 Å². The molecule has 0 atom stereocenters. The number of hydrogen-bond donors (Lipinski definition) is 1. The second-order valence-corrected chi connectivity index (χ2v) is 9.34. The molecule has 0 unspecified atom stereocenters. The van der Waals surface area contributed by atoms with Gasteiger partial charge in [-0.15, -0.1) is 11.8 Å². The Balaban J connectivity index is 2.21. The molecule has 0 amide bonds. The predicted molar refractivity (Wildman–Crippen MR) is 124 cm³/mol. The van der Waals surface area contributed by atoms with E-state index in [1.807, 2.05) is 0 Å². The van der Waals surface area contributed by atoms with Gasteiger partial charge in [-0.2, -0.15) is 0 Å². The topological polar surface area (TPSA) is 33.1 Å². The smallest absolute Gasteiger partial charge is 0.123 e. The van der Waals surface area contributed by atoms with Gasteiger partial charge in [0.25, 0.3) is 0 Å². The van der Waals surface area contributed by atoms with Crippen LogP contribution in [0.5, 0.6) is 0 Å². The minimum atomic E-state index is -0.262. The van der Waals surface area contributed by atoms with Crippen LogP contribution in [0.4, 0.5) is 4.39 Å². The van der Waals surface area contributed by atoms with Gasteiger partial charge in [-0.05, 0) is 59.7 Å². The number of halogens is 1. The predicted octanol–water partition coefficient (Wildman–Crippen LogP) is 7.23. The Hall–Kier alpha value is -2.17. The summed E-state index contributed by atoms with van der Waals surface area (Å²) in [4.78, 5) is 6.23. The van der Waals surface area contributed by atoms with Crippen LogP contribution in [0, 0.1) is 12.7 Å². The van der Waals surface area contributed by atoms with E-state index in [1.165, 1.54) is 22.6 Å². The van der Waals surface area contributed by atoms with E-state index in [9.17, 15) is 9.50 Å². The first-order valence-corrected chi connectivity index (χ1v) is 11.4. The highest BCUT2D eigenvalue weighted by Crippen LogP contribution is 2.39. The van der Waals surface area contributed by atoms with Crippen molar-refractivity contribution < 1.29 is 9.50 Å². The Kier molecular flexibility index (Phi) is 7.32. The highest BCUT2D eigenvalue weighted by molar-refractivity contribution is 7.98. The standard InChI is InChI=1S/C26H30FNOS/c1-16(2)25-22(14-29)24(19-9-11-20(27)12-10-19)23(26(28-25)17(3)4)15-30-21-8-6-7-18(5)13-21/h6-13,16-17,29H,14-15H2,1-5H3. The summed E-state index contributed by atoms with van der Waals surface area (Å²) in [5.74, 6) is 0.897. The number of pyridine rings is 1. The number of aromatic nitrogens is 1. The third-order valence-corrected chi connectivity index (χ3v) is 6.24. The Morgan fingerprint density at radius 2 is 1.57 bits per heavy atom. The lowest BCUT2D eigenvalue weighted by molar-refractivity contribution is 0.279. The minimum Gasteiger partial charge on any atom is -0.392 e. The van der Waals surface area contributed by atoms with E-state index in [1.54, 1.807) is 23.9 Å². The molecule has 0 aliphatic carbocycles. The molecule has 158 valence electrons. The van der Waals surface area contributed by atoms with Crippen molar-refractivity contribution in [3.63, 3.8) is 0 Å². The second kappa shape index (κ2) is 9.76. The molecule has 0 radical (unpaired) electrons. The van der Waals surface area contributed by atoms with Crippen molar-refractivity contribution in [3.05, 3.63) is 82.4 Å². The second-order valence-electron chi connectivity index (χ2n) is 8.29. The van der Waals surface area contributed by atoms with Crippen LogP contribution >= 0.6 is 11.8 Å². The molecule has 4 heteroatoms. The fraction of sp³-hybridized carbons (Fsp3) is 0.346. The van der Waals surface area contributed by atoms with E-state index in [4.69, 9.17) is 4.98 Å². The molecule has 0 aliphatic rings. The monoisotopic (exact) mass is 423 g/mol. The molecule has 1 N–H and O–H groups in total. The zero-order chi connectivity index (χ0) is 21.8. The van der Waals surface area contributed by atoms with Crippen molar-refractivity contribution >= 4 is 11.8 Å². The van der Waals surface area contributed by atoms with E-state index in [0.717, 1.165) is 39.4 Å². The maximum atomic E-state index is 13.6. The lowest BCUT2D eigenvalue weighted by atomic mass is 9.88. The van der Waals surface area contributed by atoms with Crippen LogP contribution in [-0.4, -0.2) is 10.1 Å². The number of benzene rings is 2. The molecular weight excluding hydrogens is 393 g/mol. The van der Waals surface area contributed by atoms with Gasteiger partial charge in [-0.1, -0.05) is 57.5 Å². The third kappa shape index (κ3) is 4.93. The van der Waals surface area contributed by atoms with Gasteiger partial charge in [-0.25, -0.2) is 4.39 Å². The van der Waals surface area contributed by atoms with E-state index in [0.29, 0.717) is 0 Å². The molecule has 0 spiro atoms. The molecule has 0 saturated carbocycles. The molecule has 1 aromatic heterocycles. The molecule has 3 aromatic rings. The summed E-state index contributed by atoms with van der Waals surface area (Å²) < 4.78 is 13.6. The number of hydrogen-bond acceptors (Lipinski definition) is 3. The van der Waals surface area contributed by atoms with Gasteiger partial charge in [0.2, 0.25) is 0 Å². The fourth-order valence-corrected chi connectivity index (χ4v) is 4.84. The van der Waals surface area contributed by atoms with Gasteiger partial charge < -0.3 is 5.11 Å². The van der Waals surface area contributed by atoms with Crippen LogP contribution in [0.3, 0.4) is 0 Å². The molecular formula is C26H30FNOS. The van der Waals surface area contributed by atoms with Crippen molar-refractivity contribution in [3.8, 4) is 11.1 Å². The summed E-state index contributed by atoms with van der Waals surface area (Å²) >= 11 is 1.77. The average molecular weight is 424 g/mol. The lowest BCUT2D eigenvalue weighted by Gasteiger charge is -2.24. The molecule has 3 rings (SSSR count). The van der Waals surface area contributed by atoms with Gasteiger partial charge in [0.15, 0.2) is 0 Å². The average Bonchev–Trinajstić information content (AvgIpc) is 2.71. The van der Waals surface area contributed by atoms with Gasteiger partial charge >= 0.3 is 0 Å². The maximum absolute atomic E-state index is 13.6. The SMILES string of the molecule is Cc1cccc(SCc2c(C(C)C)nc(C(C)C)c(CO)c2-c2ccc(F)cc2)c1. The molecule has 0 bridgehead atoms. The van der Waals surface area contributed by atoms with Crippen molar-refractivity contribution in [2.24, 2.45) is 0 Å². The van der Waals surface area contributed by atoms with Gasteiger partial charge in [0.1, 0.15) is 5.82 Å². The van der Waals surface area contributed by atoms with Crippen molar-refractivity contribution in [1.29, 1.82) is 0 Å². The highest BCUT2D eigenvalue weighted by Gasteiger charge is 2.23. The zero-order valence-corrected chi connectivity index (χ0v) is 19.2. The number of aliphatic hydroxyl groups excluding tert-OH is 1. The van der Waals surface area contributed by atoms with Crippen LogP contribution in [-0.2, 0) is 12.4 Å². The van der Waals surface area contributed by atoms with Crippen LogP contribution in [0.1, 0.15) is 67.6 Å². The number of aryl methyl sites for hydroxylation is 1. The van der Waals surface area contributed by atoms with Crippen molar-refractivity contribution in [2.75, 3.05) is 0 Å². The Bertz CT molecular complexity index is 1010. The highest BCUT2D eigenvalue weighted by atomic mass is 32.2. The number of rotatable bonds is 7. The van der Waals surface area contributed by atoms with Crippen LogP contribution < -0.4 is 0 Å². The first-order chi connectivity index (χ1) is 14.3. The molecule has 0 aliphatic heterocycles. The molecule has 30 heavy (non-hydrogen) atoms. The summed E-state index contributed by atoms with van der Waals surface area (Å²) in [6.45, 7) is 10.5. The first kappa shape index (κ1) is 22.5. The molecule has 2 nitrogen and oxygen atoms in total. The Morgan fingerprint density at radius 1 is 0.933 bits per heavy atom. The zero-order valence-electron chi connectivity index (χ0n) is 18.4. The summed E-state index contributed by atoms with van der Waals surface area (Å²) in [6, 6.07) is 15.0. The van der Waals surface area contributed by atoms with Gasteiger partial charge in [0, 0.05) is 27.6 Å². The maximum Gasteiger partial charge on any atom is 0.123 e. The molecule has 1 heterocycles. The molecule has 0 saturated heterocycles. The van der Waals surface area contributed by atoms with Crippen molar-refractivity contribution in [1.82, 2.24) is 4.98 Å². The van der Waals surface area contributed by atoms with Crippen LogP contribution in [0.15, 0.2) is 53.4 Å². The van der Waals surface area contributed by atoms with E-state index >= 15 is 0 Å². The fourth-order valence-electron chi connectivity index (χ4n) is 3.79. The van der Waals surface area contributed by atoms with Crippen LogP contribution in [0.2, 0.25) is 0 Å². The van der Waals surface area contributed by atoms with E-state index in [-0.39, 0.29) is 24.3 Å². The van der Waals surface area contributed by atoms with Gasteiger partial charge in [0.05, 0.1) is 6.61 Å². The van der Waals surface area contributed by atoms with E-state index < -0.39 is 0 Å². The quantitative estimate of drug-likeness (QED) is 0.407. The summed E-state index contributed by atoms with van der Waals surface area (Å²) in [5.41, 5.74) is 7.09. The summed E-state index contributed by atoms with van der Waals surface area (Å²) in [7, 11) is 0. The third-order valence-electron chi connectivity index (χ3n) is 5.22. The first-order valence-electron chi connectivity index (χ1n) is 10.4. The minimum absolute atomic E-state index is 0.0896. The molecule has 2 aromatic carbocycles.